The molecule has 2 aromatic heterocycles. The fourth-order valence-electron chi connectivity index (χ4n) is 3.17. The number of fused-ring (bicyclic) bond motifs is 1. The molecule has 0 radical (unpaired) electrons. The summed E-state index contributed by atoms with van der Waals surface area (Å²) in [6.07, 6.45) is 8.20. The zero-order valence-corrected chi connectivity index (χ0v) is 13.9. The number of rotatable bonds is 5. The van der Waals surface area contributed by atoms with E-state index in [1.807, 2.05) is 42.7 Å². The van der Waals surface area contributed by atoms with Crippen LogP contribution in [-0.4, -0.2) is 26.5 Å². The first kappa shape index (κ1) is 15.6. The number of nitrogens with zero attached hydrogens (tertiary/aromatic N) is 3. The van der Waals surface area contributed by atoms with Gasteiger partial charge in [-0.05, 0) is 6.42 Å². The maximum Gasteiger partial charge on any atom is 0.220 e. The van der Waals surface area contributed by atoms with Crippen LogP contribution in [-0.2, 0) is 24.2 Å². The van der Waals surface area contributed by atoms with E-state index in [2.05, 4.69) is 19.9 Å². The van der Waals surface area contributed by atoms with E-state index in [4.69, 9.17) is 4.42 Å². The highest BCUT2D eigenvalue weighted by atomic mass is 16.4. The van der Waals surface area contributed by atoms with E-state index < -0.39 is 0 Å². The minimum Gasteiger partial charge on any atom is -0.441 e. The van der Waals surface area contributed by atoms with Crippen LogP contribution < -0.4 is 5.32 Å². The van der Waals surface area contributed by atoms with Crippen molar-refractivity contribution in [2.75, 3.05) is 0 Å². The number of imidazole rings is 1. The van der Waals surface area contributed by atoms with Gasteiger partial charge in [0.05, 0.1) is 6.20 Å². The number of aromatic nitrogens is 3. The van der Waals surface area contributed by atoms with Crippen LogP contribution in [0, 0.1) is 0 Å². The third-order valence-corrected chi connectivity index (χ3v) is 4.48. The van der Waals surface area contributed by atoms with Gasteiger partial charge in [0.2, 0.25) is 5.91 Å². The lowest BCUT2D eigenvalue weighted by molar-refractivity contribution is -0.122. The van der Waals surface area contributed by atoms with Crippen molar-refractivity contribution >= 4 is 5.91 Å². The Morgan fingerprint density at radius 1 is 1.28 bits per heavy atom. The summed E-state index contributed by atoms with van der Waals surface area (Å²) in [6, 6.07) is 10.00. The molecule has 0 spiro atoms. The Bertz CT molecular complexity index is 853. The molecule has 0 aliphatic carbocycles. The maximum atomic E-state index is 12.2. The number of benzene rings is 1. The second-order valence-electron chi connectivity index (χ2n) is 6.28. The molecule has 3 aromatic rings. The van der Waals surface area contributed by atoms with Gasteiger partial charge in [0, 0.05) is 49.8 Å². The van der Waals surface area contributed by atoms with Crippen LogP contribution >= 0.6 is 0 Å². The summed E-state index contributed by atoms with van der Waals surface area (Å²) in [7, 11) is 0. The van der Waals surface area contributed by atoms with Gasteiger partial charge in [0.15, 0.2) is 11.7 Å². The van der Waals surface area contributed by atoms with Crippen LogP contribution in [0.2, 0.25) is 0 Å². The van der Waals surface area contributed by atoms with E-state index in [0.29, 0.717) is 18.7 Å². The van der Waals surface area contributed by atoms with Crippen molar-refractivity contribution in [3.05, 3.63) is 60.6 Å². The molecule has 4 rings (SSSR count). The normalized spacial score (nSPS) is 16.4. The Labute approximate surface area is 145 Å². The number of nitrogens with one attached hydrogen (secondary N) is 1. The smallest absolute Gasteiger partial charge is 0.220 e. The highest BCUT2D eigenvalue weighted by Gasteiger charge is 2.20. The molecule has 25 heavy (non-hydrogen) atoms. The third kappa shape index (κ3) is 3.63. The number of amides is 1. The summed E-state index contributed by atoms with van der Waals surface area (Å²) in [5.41, 5.74) is 0.990. The average molecular weight is 336 g/mol. The van der Waals surface area contributed by atoms with Gasteiger partial charge in [-0.2, -0.15) is 0 Å². The van der Waals surface area contributed by atoms with Crippen LogP contribution in [0.3, 0.4) is 0 Å². The van der Waals surface area contributed by atoms with Gasteiger partial charge in [0.1, 0.15) is 5.82 Å². The summed E-state index contributed by atoms with van der Waals surface area (Å²) < 4.78 is 7.85. The Balaban J connectivity index is 1.29. The van der Waals surface area contributed by atoms with Gasteiger partial charge in [-0.1, -0.05) is 30.3 Å². The Morgan fingerprint density at radius 2 is 2.16 bits per heavy atom. The molecule has 0 saturated heterocycles. The van der Waals surface area contributed by atoms with Crippen LogP contribution in [0.4, 0.5) is 0 Å². The van der Waals surface area contributed by atoms with Gasteiger partial charge in [-0.25, -0.2) is 9.97 Å². The zero-order valence-electron chi connectivity index (χ0n) is 13.9. The molecule has 0 unspecified atom stereocenters. The van der Waals surface area contributed by atoms with Crippen LogP contribution in [0.1, 0.15) is 24.6 Å². The summed E-state index contributed by atoms with van der Waals surface area (Å²) in [6.45, 7) is 0.790. The van der Waals surface area contributed by atoms with Crippen molar-refractivity contribution in [3.63, 3.8) is 0 Å². The SMILES string of the molecule is O=C(CCc1ncc(-c2ccccc2)o1)N[C@H]1CCc2nccn2C1. The maximum absolute atomic E-state index is 12.2. The van der Waals surface area contributed by atoms with E-state index in [1.165, 1.54) is 0 Å². The molecule has 1 aliphatic heterocycles. The molecule has 1 aliphatic rings. The second kappa shape index (κ2) is 6.93. The second-order valence-corrected chi connectivity index (χ2v) is 6.28. The van der Waals surface area contributed by atoms with Crippen molar-refractivity contribution in [2.24, 2.45) is 0 Å². The molecule has 1 atom stereocenters. The van der Waals surface area contributed by atoms with Crippen LogP contribution in [0.15, 0.2) is 53.3 Å². The van der Waals surface area contributed by atoms with E-state index in [1.54, 1.807) is 6.20 Å². The number of carbonyl (C=O) groups is 1. The highest BCUT2D eigenvalue weighted by molar-refractivity contribution is 5.76. The van der Waals surface area contributed by atoms with Crippen LogP contribution in [0.25, 0.3) is 11.3 Å². The molecule has 1 aromatic carbocycles. The monoisotopic (exact) mass is 336 g/mol. The Hall–Kier alpha value is -2.89. The topological polar surface area (TPSA) is 73.0 Å². The molecule has 128 valence electrons. The molecule has 6 nitrogen and oxygen atoms in total. The van der Waals surface area contributed by atoms with Crippen molar-refractivity contribution in [3.8, 4) is 11.3 Å². The summed E-state index contributed by atoms with van der Waals surface area (Å²) in [4.78, 5) is 20.8. The molecule has 1 N–H and O–H groups in total. The van der Waals surface area contributed by atoms with Crippen molar-refractivity contribution in [2.45, 2.75) is 38.3 Å². The molecule has 0 fully saturated rings. The van der Waals surface area contributed by atoms with Gasteiger partial charge >= 0.3 is 0 Å². The van der Waals surface area contributed by atoms with Crippen molar-refractivity contribution in [1.82, 2.24) is 19.9 Å². The minimum absolute atomic E-state index is 0.0352. The lowest BCUT2D eigenvalue weighted by Gasteiger charge is -2.24. The quantitative estimate of drug-likeness (QED) is 0.777. The Morgan fingerprint density at radius 3 is 3.04 bits per heavy atom. The van der Waals surface area contributed by atoms with Gasteiger partial charge in [-0.15, -0.1) is 0 Å². The van der Waals surface area contributed by atoms with Gasteiger partial charge in [-0.3, -0.25) is 4.79 Å². The van der Waals surface area contributed by atoms with Crippen molar-refractivity contribution in [1.29, 1.82) is 0 Å². The summed E-state index contributed by atoms with van der Waals surface area (Å²) in [5, 5.41) is 3.10. The summed E-state index contributed by atoms with van der Waals surface area (Å²) in [5.74, 6) is 2.46. The van der Waals surface area contributed by atoms with Gasteiger partial charge < -0.3 is 14.3 Å². The van der Waals surface area contributed by atoms with Gasteiger partial charge in [0.25, 0.3) is 0 Å². The van der Waals surface area contributed by atoms with E-state index in [-0.39, 0.29) is 11.9 Å². The van der Waals surface area contributed by atoms with E-state index in [0.717, 1.165) is 36.5 Å². The largest absolute Gasteiger partial charge is 0.441 e. The third-order valence-electron chi connectivity index (χ3n) is 4.48. The molecule has 1 amide bonds. The summed E-state index contributed by atoms with van der Waals surface area (Å²) >= 11 is 0. The average Bonchev–Trinajstić information content (AvgIpc) is 3.30. The predicted molar refractivity (Wildman–Crippen MR) is 92.7 cm³/mol. The number of oxazole rings is 1. The van der Waals surface area contributed by atoms with E-state index in [9.17, 15) is 4.79 Å². The lowest BCUT2D eigenvalue weighted by atomic mass is 10.1. The standard InChI is InChI=1S/C19H20N4O2/c24-18(22-15-6-7-17-20-10-11-23(17)13-15)8-9-19-21-12-16(25-19)14-4-2-1-3-5-14/h1-5,10-12,15H,6-9,13H2,(H,22,24)/t15-/m0/s1. The number of hydrogen-bond donors (Lipinski definition) is 1. The number of aryl methyl sites for hydroxylation is 2. The molecular formula is C19H20N4O2. The molecule has 0 saturated carbocycles. The first-order valence-electron chi connectivity index (χ1n) is 8.57. The fraction of sp³-hybridized carbons (Fsp3) is 0.316. The fourth-order valence-corrected chi connectivity index (χ4v) is 3.17. The number of hydrogen-bond acceptors (Lipinski definition) is 4. The molecule has 6 heteroatoms. The molecule has 0 bridgehead atoms. The highest BCUT2D eigenvalue weighted by Crippen LogP contribution is 2.20. The number of carbonyl (C=O) groups excluding carboxylic acids is 1. The lowest BCUT2D eigenvalue weighted by Crippen LogP contribution is -2.40. The van der Waals surface area contributed by atoms with E-state index >= 15 is 0 Å². The molecule has 3 heterocycles. The zero-order chi connectivity index (χ0) is 17.1. The minimum atomic E-state index is 0.0352. The first-order chi connectivity index (χ1) is 12.3. The molecular weight excluding hydrogens is 316 g/mol. The van der Waals surface area contributed by atoms with Crippen molar-refractivity contribution < 1.29 is 9.21 Å². The first-order valence-corrected chi connectivity index (χ1v) is 8.57. The van der Waals surface area contributed by atoms with Crippen LogP contribution in [0.5, 0.6) is 0 Å². The predicted octanol–water partition coefficient (Wildman–Crippen LogP) is 2.60. The Kier molecular flexibility index (Phi) is 4.33.